The van der Waals surface area contributed by atoms with Crippen molar-refractivity contribution < 1.29 is 9.59 Å². The quantitative estimate of drug-likeness (QED) is 0.799. The molecule has 1 saturated heterocycles. The number of para-hydroxylation sites is 1. The van der Waals surface area contributed by atoms with Crippen molar-refractivity contribution in [3.63, 3.8) is 0 Å². The van der Waals surface area contributed by atoms with Crippen LogP contribution in [0.2, 0.25) is 0 Å². The molecule has 0 spiro atoms. The molecule has 1 aliphatic heterocycles. The number of hydrogen-bond donors (Lipinski definition) is 2. The monoisotopic (exact) mass is 404 g/mol. The molecule has 0 aromatic heterocycles. The van der Waals surface area contributed by atoms with Gasteiger partial charge in [0.05, 0.1) is 12.6 Å². The van der Waals surface area contributed by atoms with Crippen LogP contribution >= 0.6 is 24.8 Å². The number of nitrogens with one attached hydrogen (secondary N) is 1. The summed E-state index contributed by atoms with van der Waals surface area (Å²) in [7, 11) is 0. The molecule has 1 aromatic carbocycles. The molecule has 1 heterocycles. The van der Waals surface area contributed by atoms with E-state index in [1.54, 1.807) is 4.90 Å². The van der Waals surface area contributed by atoms with E-state index in [4.69, 9.17) is 5.73 Å². The third-order valence-corrected chi connectivity index (χ3v) is 4.38. The highest BCUT2D eigenvalue weighted by Crippen LogP contribution is 2.17. The summed E-state index contributed by atoms with van der Waals surface area (Å²) < 4.78 is 0. The van der Waals surface area contributed by atoms with Crippen LogP contribution in [0.25, 0.3) is 0 Å². The number of halogens is 2. The zero-order chi connectivity index (χ0) is 17.7. The Morgan fingerprint density at radius 3 is 2.12 bits per heavy atom. The summed E-state index contributed by atoms with van der Waals surface area (Å²) in [5.74, 6) is -0.337. The number of rotatable bonds is 4. The standard InChI is InChI=1S/C18H28N4O2.2ClH/c1-18(2,3)16(19)17(24)20-13-15(23)22-11-9-21(10-12-22)14-7-5-4-6-8-14;;/h4-8,16H,9-13,19H2,1-3H3,(H,20,24);2*1H/t16-;;/m1../s1. The first-order valence-corrected chi connectivity index (χ1v) is 8.40. The second kappa shape index (κ2) is 10.6. The topological polar surface area (TPSA) is 78.7 Å². The Kier molecular flexibility index (Phi) is 9.99. The molecule has 1 aliphatic rings. The van der Waals surface area contributed by atoms with Gasteiger partial charge in [-0.3, -0.25) is 9.59 Å². The lowest BCUT2D eigenvalue weighted by Crippen LogP contribution is -2.54. The zero-order valence-corrected chi connectivity index (χ0v) is 17.2. The normalized spacial score (nSPS) is 15.4. The van der Waals surface area contributed by atoms with Crippen LogP contribution in [-0.2, 0) is 9.59 Å². The summed E-state index contributed by atoms with van der Waals surface area (Å²) in [4.78, 5) is 28.3. The molecule has 1 aromatic rings. The van der Waals surface area contributed by atoms with E-state index >= 15 is 0 Å². The van der Waals surface area contributed by atoms with Gasteiger partial charge in [0, 0.05) is 31.9 Å². The van der Waals surface area contributed by atoms with E-state index in [1.165, 1.54) is 5.69 Å². The van der Waals surface area contributed by atoms with Crippen molar-refractivity contribution in [2.24, 2.45) is 11.1 Å². The van der Waals surface area contributed by atoms with Crippen LogP contribution in [0.1, 0.15) is 20.8 Å². The molecule has 0 radical (unpaired) electrons. The largest absolute Gasteiger partial charge is 0.368 e. The van der Waals surface area contributed by atoms with E-state index in [0.29, 0.717) is 13.1 Å². The van der Waals surface area contributed by atoms with Crippen LogP contribution in [0.4, 0.5) is 5.69 Å². The maximum Gasteiger partial charge on any atom is 0.242 e. The summed E-state index contributed by atoms with van der Waals surface area (Å²) in [5.41, 5.74) is 6.75. The Hall–Kier alpha value is -1.50. The van der Waals surface area contributed by atoms with Crippen molar-refractivity contribution in [3.8, 4) is 0 Å². The van der Waals surface area contributed by atoms with Crippen LogP contribution < -0.4 is 16.0 Å². The van der Waals surface area contributed by atoms with Crippen LogP contribution in [0, 0.1) is 5.41 Å². The second-order valence-corrected chi connectivity index (χ2v) is 7.26. The second-order valence-electron chi connectivity index (χ2n) is 7.26. The number of nitrogens with zero attached hydrogens (tertiary/aromatic N) is 2. The van der Waals surface area contributed by atoms with E-state index in [9.17, 15) is 9.59 Å². The first-order chi connectivity index (χ1) is 11.3. The lowest BCUT2D eigenvalue weighted by Gasteiger charge is -2.36. The minimum atomic E-state index is -0.625. The summed E-state index contributed by atoms with van der Waals surface area (Å²) in [6.07, 6.45) is 0. The van der Waals surface area contributed by atoms with Crippen molar-refractivity contribution in [2.75, 3.05) is 37.6 Å². The minimum Gasteiger partial charge on any atom is -0.368 e. The fourth-order valence-electron chi connectivity index (χ4n) is 2.63. The molecule has 8 heteroatoms. The average Bonchev–Trinajstić information content (AvgIpc) is 2.58. The van der Waals surface area contributed by atoms with Crippen LogP contribution in [0.5, 0.6) is 0 Å². The van der Waals surface area contributed by atoms with Crippen LogP contribution in [0.3, 0.4) is 0 Å². The van der Waals surface area contributed by atoms with E-state index in [2.05, 4.69) is 22.3 Å². The van der Waals surface area contributed by atoms with Gasteiger partial charge in [-0.25, -0.2) is 0 Å². The summed E-state index contributed by atoms with van der Waals surface area (Å²) in [6, 6.07) is 9.55. The molecule has 148 valence electrons. The molecular formula is C18H30Cl2N4O2. The van der Waals surface area contributed by atoms with E-state index in [0.717, 1.165) is 13.1 Å². The number of benzene rings is 1. The number of amides is 2. The number of hydrogen-bond acceptors (Lipinski definition) is 4. The van der Waals surface area contributed by atoms with Crippen molar-refractivity contribution in [1.29, 1.82) is 0 Å². The summed E-state index contributed by atoms with van der Waals surface area (Å²) in [6.45, 7) is 8.64. The van der Waals surface area contributed by atoms with Gasteiger partial charge >= 0.3 is 0 Å². The van der Waals surface area contributed by atoms with Gasteiger partial charge in [-0.1, -0.05) is 39.0 Å². The zero-order valence-electron chi connectivity index (χ0n) is 15.6. The van der Waals surface area contributed by atoms with Gasteiger partial charge in [-0.05, 0) is 17.5 Å². The molecule has 0 unspecified atom stereocenters. The lowest BCUT2D eigenvalue weighted by molar-refractivity contribution is -0.134. The average molecular weight is 405 g/mol. The first-order valence-electron chi connectivity index (χ1n) is 8.40. The van der Waals surface area contributed by atoms with E-state index < -0.39 is 6.04 Å². The third kappa shape index (κ3) is 6.67. The maximum atomic E-state index is 12.3. The Balaban J connectivity index is 0.00000312. The fourth-order valence-corrected chi connectivity index (χ4v) is 2.63. The summed E-state index contributed by atoms with van der Waals surface area (Å²) in [5, 5.41) is 2.66. The van der Waals surface area contributed by atoms with Gasteiger partial charge in [0.25, 0.3) is 0 Å². The summed E-state index contributed by atoms with van der Waals surface area (Å²) >= 11 is 0. The Morgan fingerprint density at radius 1 is 1.08 bits per heavy atom. The van der Waals surface area contributed by atoms with Gasteiger partial charge in [0.15, 0.2) is 0 Å². The van der Waals surface area contributed by atoms with Crippen LogP contribution in [0.15, 0.2) is 30.3 Å². The van der Waals surface area contributed by atoms with Crippen molar-refractivity contribution in [3.05, 3.63) is 30.3 Å². The highest BCUT2D eigenvalue weighted by Gasteiger charge is 2.28. The Labute approximate surface area is 168 Å². The molecule has 6 nitrogen and oxygen atoms in total. The number of nitrogens with two attached hydrogens (primary N) is 1. The van der Waals surface area contributed by atoms with E-state index in [-0.39, 0.29) is 48.6 Å². The smallest absolute Gasteiger partial charge is 0.242 e. The van der Waals surface area contributed by atoms with Gasteiger partial charge < -0.3 is 20.9 Å². The molecular weight excluding hydrogens is 375 g/mol. The predicted octanol–water partition coefficient (Wildman–Crippen LogP) is 1.67. The van der Waals surface area contributed by atoms with Crippen LogP contribution in [-0.4, -0.2) is 55.5 Å². The van der Waals surface area contributed by atoms with Gasteiger partial charge in [0.2, 0.25) is 11.8 Å². The van der Waals surface area contributed by atoms with Crippen molar-refractivity contribution in [1.82, 2.24) is 10.2 Å². The highest BCUT2D eigenvalue weighted by atomic mass is 35.5. The number of piperazine rings is 1. The molecule has 0 aliphatic carbocycles. The molecule has 0 saturated carbocycles. The Bertz CT molecular complexity index is 570. The SMILES string of the molecule is CC(C)(C)[C@H](N)C(=O)NCC(=O)N1CCN(c2ccccc2)CC1.Cl.Cl. The number of carbonyl (C=O) groups excluding carboxylic acids is 2. The maximum absolute atomic E-state index is 12.3. The molecule has 1 fully saturated rings. The minimum absolute atomic E-state index is 0. The molecule has 2 rings (SSSR count). The highest BCUT2D eigenvalue weighted by molar-refractivity contribution is 5.88. The molecule has 26 heavy (non-hydrogen) atoms. The molecule has 1 atom stereocenters. The predicted molar refractivity (Wildman–Crippen MR) is 110 cm³/mol. The van der Waals surface area contributed by atoms with Gasteiger partial charge in [-0.2, -0.15) is 0 Å². The lowest BCUT2D eigenvalue weighted by atomic mass is 9.87. The number of anilines is 1. The number of carbonyl (C=O) groups is 2. The molecule has 3 N–H and O–H groups in total. The molecule has 0 bridgehead atoms. The molecule has 2 amide bonds. The van der Waals surface area contributed by atoms with Gasteiger partial charge in [-0.15, -0.1) is 24.8 Å². The third-order valence-electron chi connectivity index (χ3n) is 4.38. The first kappa shape index (κ1) is 24.5. The van der Waals surface area contributed by atoms with Crippen molar-refractivity contribution in [2.45, 2.75) is 26.8 Å². The van der Waals surface area contributed by atoms with Gasteiger partial charge in [0.1, 0.15) is 0 Å². The van der Waals surface area contributed by atoms with E-state index in [1.807, 2.05) is 39.0 Å². The Morgan fingerprint density at radius 2 is 1.62 bits per heavy atom. The van der Waals surface area contributed by atoms with Crippen molar-refractivity contribution >= 4 is 42.3 Å². The fraction of sp³-hybridized carbons (Fsp3) is 0.556.